The molecular formula is C57H39N3O. The normalized spacial score (nSPS) is 12.9. The molecule has 0 aliphatic heterocycles. The van der Waals surface area contributed by atoms with Gasteiger partial charge in [0, 0.05) is 55.7 Å². The van der Waals surface area contributed by atoms with Gasteiger partial charge in [-0.25, -0.2) is 9.97 Å². The van der Waals surface area contributed by atoms with Crippen molar-refractivity contribution in [3.63, 3.8) is 0 Å². The molecule has 61 heavy (non-hydrogen) atoms. The first-order valence-corrected chi connectivity index (χ1v) is 20.9. The van der Waals surface area contributed by atoms with Crippen molar-refractivity contribution in [1.82, 2.24) is 9.97 Å². The van der Waals surface area contributed by atoms with Gasteiger partial charge in [0.15, 0.2) is 5.82 Å². The number of rotatable bonds is 6. The monoisotopic (exact) mass is 781 g/mol. The van der Waals surface area contributed by atoms with Gasteiger partial charge in [-0.15, -0.1) is 0 Å². The van der Waals surface area contributed by atoms with Crippen molar-refractivity contribution in [2.24, 2.45) is 0 Å². The molecule has 12 rings (SSSR count). The van der Waals surface area contributed by atoms with Crippen LogP contribution in [-0.2, 0) is 5.41 Å². The topological polar surface area (TPSA) is 42.2 Å². The number of aromatic nitrogens is 2. The average molecular weight is 782 g/mol. The van der Waals surface area contributed by atoms with Gasteiger partial charge in [0.1, 0.15) is 11.2 Å². The molecule has 0 radical (unpaired) electrons. The van der Waals surface area contributed by atoms with Gasteiger partial charge < -0.3 is 9.32 Å². The maximum Gasteiger partial charge on any atom is 0.161 e. The molecule has 1 aliphatic carbocycles. The van der Waals surface area contributed by atoms with Crippen LogP contribution >= 0.6 is 0 Å². The largest absolute Gasteiger partial charge is 0.456 e. The molecule has 0 unspecified atom stereocenters. The summed E-state index contributed by atoms with van der Waals surface area (Å²) in [5.41, 5.74) is 14.7. The predicted molar refractivity (Wildman–Crippen MR) is 253 cm³/mol. The van der Waals surface area contributed by atoms with Crippen molar-refractivity contribution in [1.29, 1.82) is 0 Å². The molecular weight excluding hydrogens is 743 g/mol. The van der Waals surface area contributed by atoms with Crippen LogP contribution in [0.25, 0.3) is 88.5 Å². The maximum atomic E-state index is 6.95. The molecule has 11 aromatic rings. The standard InChI is InChI=1S/C57H39N3O/c1-57(2)47-26-14-13-22-42(47)43-31-30-41(33-48(43)57)60(40-29-28-36-16-9-10-21-39(36)32-40)51-35-53-54(45-24-12-11-23-44(45)51)55-46(25-15-27-52(55)61-53)56-58-49(37-17-5-3-6-18-37)34-50(59-56)38-19-7-4-8-20-38/h3-35H,1-2H3. The van der Waals surface area contributed by atoms with E-state index >= 15 is 0 Å². The zero-order valence-corrected chi connectivity index (χ0v) is 33.8. The van der Waals surface area contributed by atoms with Crippen LogP contribution < -0.4 is 4.90 Å². The van der Waals surface area contributed by atoms with E-state index in [0.717, 1.165) is 77.9 Å². The molecule has 0 N–H and O–H groups in total. The lowest BCUT2D eigenvalue weighted by molar-refractivity contribution is 0.660. The van der Waals surface area contributed by atoms with Crippen LogP contribution in [0, 0.1) is 0 Å². The van der Waals surface area contributed by atoms with Gasteiger partial charge in [-0.3, -0.25) is 0 Å². The van der Waals surface area contributed by atoms with Gasteiger partial charge in [-0.2, -0.15) is 0 Å². The molecule has 9 aromatic carbocycles. The van der Waals surface area contributed by atoms with Crippen molar-refractivity contribution >= 4 is 60.5 Å². The fourth-order valence-corrected chi connectivity index (χ4v) is 9.69. The van der Waals surface area contributed by atoms with E-state index < -0.39 is 0 Å². The van der Waals surface area contributed by atoms with E-state index in [1.54, 1.807) is 0 Å². The van der Waals surface area contributed by atoms with Crippen LogP contribution in [0.1, 0.15) is 25.0 Å². The summed E-state index contributed by atoms with van der Waals surface area (Å²) in [5, 5.41) is 6.65. The van der Waals surface area contributed by atoms with Crippen LogP contribution in [-0.4, -0.2) is 9.97 Å². The van der Waals surface area contributed by atoms with E-state index in [0.29, 0.717) is 5.82 Å². The van der Waals surface area contributed by atoms with Crippen molar-refractivity contribution in [3.8, 4) is 45.0 Å². The Bertz CT molecular complexity index is 3460. The fraction of sp³-hybridized carbons (Fsp3) is 0.0526. The third-order valence-corrected chi connectivity index (χ3v) is 12.6. The second kappa shape index (κ2) is 13.6. The van der Waals surface area contributed by atoms with Crippen LogP contribution in [0.2, 0.25) is 0 Å². The second-order valence-electron chi connectivity index (χ2n) is 16.6. The molecule has 4 heteroatoms. The first-order chi connectivity index (χ1) is 30.0. The number of hydrogen-bond acceptors (Lipinski definition) is 4. The summed E-state index contributed by atoms with van der Waals surface area (Å²) < 4.78 is 6.95. The minimum absolute atomic E-state index is 0.154. The van der Waals surface area contributed by atoms with Crippen molar-refractivity contribution < 1.29 is 4.42 Å². The lowest BCUT2D eigenvalue weighted by atomic mass is 9.82. The zero-order valence-electron chi connectivity index (χ0n) is 33.8. The van der Waals surface area contributed by atoms with Crippen LogP contribution in [0.3, 0.4) is 0 Å². The Labute approximate surface area is 354 Å². The summed E-state index contributed by atoms with van der Waals surface area (Å²) in [6.45, 7) is 4.69. The second-order valence-corrected chi connectivity index (χ2v) is 16.6. The molecule has 0 saturated heterocycles. The smallest absolute Gasteiger partial charge is 0.161 e. The quantitative estimate of drug-likeness (QED) is 0.168. The average Bonchev–Trinajstić information content (AvgIpc) is 3.81. The summed E-state index contributed by atoms with van der Waals surface area (Å²) in [7, 11) is 0. The molecule has 0 atom stereocenters. The van der Waals surface area contributed by atoms with Crippen LogP contribution in [0.4, 0.5) is 17.1 Å². The third-order valence-electron chi connectivity index (χ3n) is 12.6. The highest BCUT2D eigenvalue weighted by Crippen LogP contribution is 2.52. The van der Waals surface area contributed by atoms with Gasteiger partial charge in [-0.05, 0) is 74.8 Å². The summed E-state index contributed by atoms with van der Waals surface area (Å²) in [6.07, 6.45) is 0. The number of furan rings is 1. The Morgan fingerprint density at radius 3 is 1.80 bits per heavy atom. The van der Waals surface area contributed by atoms with E-state index in [1.165, 1.54) is 33.0 Å². The Balaban J connectivity index is 1.11. The van der Waals surface area contributed by atoms with E-state index in [-0.39, 0.29) is 5.41 Å². The number of nitrogens with zero attached hydrogens (tertiary/aromatic N) is 3. The molecule has 0 saturated carbocycles. The molecule has 0 bridgehead atoms. The van der Waals surface area contributed by atoms with Crippen LogP contribution in [0.15, 0.2) is 205 Å². The Kier molecular flexibility index (Phi) is 7.85. The maximum absolute atomic E-state index is 6.95. The Morgan fingerprint density at radius 2 is 1.03 bits per heavy atom. The Hall–Kier alpha value is -7.82. The lowest BCUT2D eigenvalue weighted by Gasteiger charge is -2.29. The van der Waals surface area contributed by atoms with Gasteiger partial charge in [0.05, 0.1) is 17.1 Å². The van der Waals surface area contributed by atoms with Gasteiger partial charge in [0.2, 0.25) is 0 Å². The van der Waals surface area contributed by atoms with Crippen LogP contribution in [0.5, 0.6) is 0 Å². The van der Waals surface area contributed by atoms with Gasteiger partial charge in [0.25, 0.3) is 0 Å². The predicted octanol–water partition coefficient (Wildman–Crippen LogP) is 15.5. The van der Waals surface area contributed by atoms with E-state index in [2.05, 4.69) is 207 Å². The fourth-order valence-electron chi connectivity index (χ4n) is 9.69. The van der Waals surface area contributed by atoms with Crippen molar-refractivity contribution in [2.75, 3.05) is 4.90 Å². The summed E-state index contributed by atoms with van der Waals surface area (Å²) in [5.74, 6) is 0.654. The summed E-state index contributed by atoms with van der Waals surface area (Å²) >= 11 is 0. The molecule has 2 heterocycles. The highest BCUT2D eigenvalue weighted by atomic mass is 16.3. The van der Waals surface area contributed by atoms with Gasteiger partial charge >= 0.3 is 0 Å². The number of anilines is 3. The minimum Gasteiger partial charge on any atom is -0.456 e. The number of benzene rings is 9. The van der Waals surface area contributed by atoms with E-state index in [9.17, 15) is 0 Å². The third kappa shape index (κ3) is 5.60. The molecule has 1 aliphatic rings. The van der Waals surface area contributed by atoms with E-state index in [1.807, 2.05) is 12.1 Å². The molecule has 4 nitrogen and oxygen atoms in total. The summed E-state index contributed by atoms with van der Waals surface area (Å²) in [6, 6.07) is 71.2. The van der Waals surface area contributed by atoms with Crippen molar-refractivity contribution in [2.45, 2.75) is 19.3 Å². The lowest BCUT2D eigenvalue weighted by Crippen LogP contribution is -2.16. The Morgan fingerprint density at radius 1 is 0.426 bits per heavy atom. The molecule has 0 amide bonds. The SMILES string of the molecule is CC1(C)c2ccccc2-c2ccc(N(c3ccc4ccccc4c3)c3cc4oc5cccc(-c6nc(-c7ccccc7)cc(-c7ccccc7)n6)c5c4c4ccccc34)cc21. The summed E-state index contributed by atoms with van der Waals surface area (Å²) in [4.78, 5) is 12.9. The first-order valence-electron chi connectivity index (χ1n) is 20.9. The van der Waals surface area contributed by atoms with Gasteiger partial charge in [-0.1, -0.05) is 172 Å². The van der Waals surface area contributed by atoms with Crippen molar-refractivity contribution in [3.05, 3.63) is 211 Å². The molecule has 0 fully saturated rings. The molecule has 288 valence electrons. The minimum atomic E-state index is -0.154. The molecule has 0 spiro atoms. The highest BCUT2D eigenvalue weighted by Gasteiger charge is 2.36. The number of fused-ring (bicyclic) bond motifs is 9. The zero-order chi connectivity index (χ0) is 40.7. The molecule has 2 aromatic heterocycles. The first kappa shape index (κ1) is 35.2. The van der Waals surface area contributed by atoms with E-state index in [4.69, 9.17) is 14.4 Å². The number of hydrogen-bond donors (Lipinski definition) is 0. The highest BCUT2D eigenvalue weighted by molar-refractivity contribution is 6.25.